The second-order valence-electron chi connectivity index (χ2n) is 8.59. The van der Waals surface area contributed by atoms with Gasteiger partial charge >= 0.3 is 0 Å². The van der Waals surface area contributed by atoms with Crippen molar-refractivity contribution in [2.45, 2.75) is 38.1 Å². The van der Waals surface area contributed by atoms with E-state index >= 15 is 0 Å². The lowest BCUT2D eigenvalue weighted by atomic mass is 9.78. The average molecular weight is 430 g/mol. The first kappa shape index (κ1) is 22.1. The van der Waals surface area contributed by atoms with Crippen molar-refractivity contribution in [3.63, 3.8) is 0 Å². The Kier molecular flexibility index (Phi) is 6.91. The van der Waals surface area contributed by atoms with Crippen LogP contribution in [-0.2, 0) is 11.2 Å². The molecule has 0 spiro atoms. The molecule has 0 bridgehead atoms. The number of hydrogen-bond acceptors (Lipinski definition) is 3. The number of benzene rings is 3. The maximum Gasteiger partial charge on any atom is 0.233 e. The van der Waals surface area contributed by atoms with Gasteiger partial charge in [0.1, 0.15) is 5.75 Å². The first-order chi connectivity index (χ1) is 15.6. The number of aryl methyl sites for hydroxylation is 1. The average Bonchev–Trinajstić information content (AvgIpc) is 2.85. The summed E-state index contributed by atoms with van der Waals surface area (Å²) in [4.78, 5) is 15.1. The summed E-state index contributed by atoms with van der Waals surface area (Å²) >= 11 is 0. The lowest BCUT2D eigenvalue weighted by molar-refractivity contribution is -0.130. The smallest absolute Gasteiger partial charge is 0.233 e. The monoisotopic (exact) mass is 429 g/mol. The molecule has 0 aromatic heterocycles. The molecular formula is C28H31NO3. The Labute approximate surface area is 190 Å². The van der Waals surface area contributed by atoms with Gasteiger partial charge in [-0.25, -0.2) is 0 Å². The summed E-state index contributed by atoms with van der Waals surface area (Å²) in [6.07, 6.45) is 2.82. The molecule has 3 atom stereocenters. The molecule has 3 aromatic rings. The Balaban J connectivity index is 1.55. The molecule has 0 radical (unpaired) electrons. The molecule has 0 aliphatic carbocycles. The molecule has 1 unspecified atom stereocenters. The van der Waals surface area contributed by atoms with Gasteiger partial charge in [-0.1, -0.05) is 61.5 Å². The summed E-state index contributed by atoms with van der Waals surface area (Å²) in [7, 11) is 1.64. The zero-order valence-corrected chi connectivity index (χ0v) is 18.8. The van der Waals surface area contributed by atoms with Gasteiger partial charge in [0.15, 0.2) is 0 Å². The van der Waals surface area contributed by atoms with E-state index in [1.54, 1.807) is 7.11 Å². The van der Waals surface area contributed by atoms with Crippen LogP contribution in [0.2, 0.25) is 0 Å². The van der Waals surface area contributed by atoms with E-state index in [-0.39, 0.29) is 30.4 Å². The van der Waals surface area contributed by atoms with Crippen LogP contribution in [0.3, 0.4) is 0 Å². The van der Waals surface area contributed by atoms with Crippen LogP contribution in [0.5, 0.6) is 5.75 Å². The highest BCUT2D eigenvalue weighted by Crippen LogP contribution is 2.46. The topological polar surface area (TPSA) is 49.8 Å². The molecule has 1 fully saturated rings. The Morgan fingerprint density at radius 3 is 2.28 bits per heavy atom. The lowest BCUT2D eigenvalue weighted by Gasteiger charge is -2.48. The zero-order valence-electron chi connectivity index (χ0n) is 18.8. The third-order valence-electron chi connectivity index (χ3n) is 6.51. The van der Waals surface area contributed by atoms with Gasteiger partial charge in [0.25, 0.3) is 0 Å². The van der Waals surface area contributed by atoms with E-state index < -0.39 is 0 Å². The third-order valence-corrected chi connectivity index (χ3v) is 6.51. The molecule has 0 saturated carbocycles. The van der Waals surface area contributed by atoms with Crippen molar-refractivity contribution in [2.24, 2.45) is 5.92 Å². The summed E-state index contributed by atoms with van der Waals surface area (Å²) in [5, 5.41) is 9.46. The number of methoxy groups -OCH3 is 1. The van der Waals surface area contributed by atoms with Gasteiger partial charge in [-0.3, -0.25) is 4.79 Å². The Bertz CT molecular complexity index is 1010. The van der Waals surface area contributed by atoms with E-state index in [0.717, 1.165) is 41.8 Å². The number of β-lactam (4-membered cyclic amide) rings is 1. The molecule has 1 aliphatic rings. The van der Waals surface area contributed by atoms with Crippen LogP contribution in [0.25, 0.3) is 0 Å². The second kappa shape index (κ2) is 10.0. The molecule has 1 aliphatic heterocycles. The quantitative estimate of drug-likeness (QED) is 0.456. The standard InChI is InChI=1S/C28H31NO3/c1-20(19-30)22-11-13-23(14-12-22)27-26(10-6-9-21-7-4-3-5-8-21)28(31)29(27)24-15-17-25(32-2)18-16-24/h3-5,7-8,11-18,20,26-27,30H,6,9-10,19H2,1-2H3/t20?,26-,27-/m1/s1. The molecule has 1 amide bonds. The molecular weight excluding hydrogens is 398 g/mol. The number of rotatable bonds is 9. The highest BCUT2D eigenvalue weighted by molar-refractivity contribution is 6.03. The number of ether oxygens (including phenoxy) is 1. The number of carbonyl (C=O) groups is 1. The van der Waals surface area contributed by atoms with E-state index in [9.17, 15) is 9.90 Å². The van der Waals surface area contributed by atoms with Crippen molar-refractivity contribution in [2.75, 3.05) is 18.6 Å². The summed E-state index contributed by atoms with van der Waals surface area (Å²) in [6.45, 7) is 2.14. The predicted molar refractivity (Wildman–Crippen MR) is 128 cm³/mol. The molecule has 4 rings (SSSR count). The molecule has 3 aromatic carbocycles. The van der Waals surface area contributed by atoms with Gasteiger partial charge in [-0.15, -0.1) is 0 Å². The summed E-state index contributed by atoms with van der Waals surface area (Å²) in [6, 6.07) is 26.5. The molecule has 4 nitrogen and oxygen atoms in total. The van der Waals surface area contributed by atoms with Gasteiger partial charge in [0.2, 0.25) is 5.91 Å². The summed E-state index contributed by atoms with van der Waals surface area (Å²) < 4.78 is 5.28. The van der Waals surface area contributed by atoms with Crippen molar-refractivity contribution in [3.8, 4) is 5.75 Å². The number of nitrogens with zero attached hydrogens (tertiary/aromatic N) is 1. The van der Waals surface area contributed by atoms with Gasteiger partial charge in [-0.05, 0) is 60.2 Å². The number of hydrogen-bond donors (Lipinski definition) is 1. The van der Waals surface area contributed by atoms with Crippen molar-refractivity contribution in [1.29, 1.82) is 0 Å². The summed E-state index contributed by atoms with van der Waals surface area (Å²) in [5.41, 5.74) is 4.45. The fourth-order valence-electron chi connectivity index (χ4n) is 4.54. The van der Waals surface area contributed by atoms with E-state index in [2.05, 4.69) is 48.5 Å². The predicted octanol–water partition coefficient (Wildman–Crippen LogP) is 5.52. The number of amides is 1. The largest absolute Gasteiger partial charge is 0.497 e. The fraction of sp³-hybridized carbons (Fsp3) is 0.321. The van der Waals surface area contributed by atoms with Gasteiger partial charge in [0.05, 0.1) is 19.1 Å². The summed E-state index contributed by atoms with van der Waals surface area (Å²) in [5.74, 6) is 1.04. The fourth-order valence-corrected chi connectivity index (χ4v) is 4.54. The van der Waals surface area contributed by atoms with Crippen molar-refractivity contribution >= 4 is 11.6 Å². The van der Waals surface area contributed by atoms with Gasteiger partial charge in [0, 0.05) is 18.2 Å². The van der Waals surface area contributed by atoms with Crippen LogP contribution < -0.4 is 9.64 Å². The highest BCUT2D eigenvalue weighted by atomic mass is 16.5. The first-order valence-electron chi connectivity index (χ1n) is 11.3. The molecule has 32 heavy (non-hydrogen) atoms. The van der Waals surface area contributed by atoms with Crippen LogP contribution in [0, 0.1) is 5.92 Å². The number of anilines is 1. The van der Waals surface area contributed by atoms with E-state index in [1.165, 1.54) is 5.56 Å². The van der Waals surface area contributed by atoms with Crippen LogP contribution in [0.4, 0.5) is 5.69 Å². The van der Waals surface area contributed by atoms with Crippen molar-refractivity contribution in [3.05, 3.63) is 95.6 Å². The molecule has 1 heterocycles. The Morgan fingerprint density at radius 2 is 1.66 bits per heavy atom. The minimum absolute atomic E-state index is 0.0187. The van der Waals surface area contributed by atoms with E-state index in [1.807, 2.05) is 42.2 Å². The number of aliphatic hydroxyl groups is 1. The normalized spacial score (nSPS) is 18.8. The second-order valence-corrected chi connectivity index (χ2v) is 8.59. The van der Waals surface area contributed by atoms with Crippen LogP contribution in [0.15, 0.2) is 78.9 Å². The first-order valence-corrected chi connectivity index (χ1v) is 11.3. The van der Waals surface area contributed by atoms with Crippen molar-refractivity contribution in [1.82, 2.24) is 0 Å². The Morgan fingerprint density at radius 1 is 0.969 bits per heavy atom. The van der Waals surface area contributed by atoms with E-state index in [4.69, 9.17) is 4.74 Å². The molecule has 1 N–H and O–H groups in total. The van der Waals surface area contributed by atoms with Crippen molar-refractivity contribution < 1.29 is 14.6 Å². The highest BCUT2D eigenvalue weighted by Gasteiger charge is 2.48. The molecule has 166 valence electrons. The Hall–Kier alpha value is -3.11. The van der Waals surface area contributed by atoms with Crippen LogP contribution in [0.1, 0.15) is 48.4 Å². The molecule has 1 saturated heterocycles. The number of aliphatic hydroxyl groups excluding tert-OH is 1. The minimum atomic E-state index is -0.0260. The van der Waals surface area contributed by atoms with E-state index in [0.29, 0.717) is 0 Å². The maximum absolute atomic E-state index is 13.2. The van der Waals surface area contributed by atoms with Crippen LogP contribution in [-0.4, -0.2) is 24.7 Å². The lowest BCUT2D eigenvalue weighted by Crippen LogP contribution is -2.55. The third kappa shape index (κ3) is 4.56. The van der Waals surface area contributed by atoms with Crippen LogP contribution >= 0.6 is 0 Å². The SMILES string of the molecule is COc1ccc(N2C(=O)[C@H](CCCc3ccccc3)[C@H]2c2ccc(C(C)CO)cc2)cc1. The minimum Gasteiger partial charge on any atom is -0.497 e. The maximum atomic E-state index is 13.2. The van der Waals surface area contributed by atoms with Gasteiger partial charge < -0.3 is 14.7 Å². The zero-order chi connectivity index (χ0) is 22.5. The van der Waals surface area contributed by atoms with Gasteiger partial charge in [-0.2, -0.15) is 0 Å². The molecule has 4 heteroatoms. The number of carbonyl (C=O) groups excluding carboxylic acids is 1.